The molecule has 0 bridgehead atoms. The van der Waals surface area contributed by atoms with E-state index >= 15 is 0 Å². The summed E-state index contributed by atoms with van der Waals surface area (Å²) in [4.78, 5) is 15.2. The molecule has 0 unspecified atom stereocenters. The van der Waals surface area contributed by atoms with Gasteiger partial charge in [-0.05, 0) is 50.8 Å². The van der Waals surface area contributed by atoms with Crippen LogP contribution in [-0.2, 0) is 0 Å². The zero-order chi connectivity index (χ0) is 14.0. The van der Waals surface area contributed by atoms with E-state index in [2.05, 4.69) is 11.0 Å². The Balaban J connectivity index is 2.47. The second kappa shape index (κ2) is 5.51. The fraction of sp³-hybridized carbons (Fsp3) is 0.533. The third-order valence-corrected chi connectivity index (χ3v) is 3.87. The third kappa shape index (κ3) is 2.53. The van der Waals surface area contributed by atoms with Crippen molar-refractivity contribution in [1.82, 2.24) is 0 Å². The van der Waals surface area contributed by atoms with Crippen molar-refractivity contribution >= 4 is 17.5 Å². The molecule has 1 aliphatic rings. The summed E-state index contributed by atoms with van der Waals surface area (Å²) >= 11 is 0. The lowest BCUT2D eigenvalue weighted by Gasteiger charge is -2.27. The van der Waals surface area contributed by atoms with E-state index in [4.69, 9.17) is 0 Å². The molecule has 0 aliphatic carbocycles. The molecule has 4 heteroatoms. The SMILES string of the molecule is CCN(C(=O)O)c1c(C)ccc(N2CCCC2)c1C. The number of amides is 1. The summed E-state index contributed by atoms with van der Waals surface area (Å²) in [6.07, 6.45) is 1.56. The topological polar surface area (TPSA) is 43.8 Å². The summed E-state index contributed by atoms with van der Waals surface area (Å²) in [5, 5.41) is 9.34. The van der Waals surface area contributed by atoms with Crippen molar-refractivity contribution in [3.8, 4) is 0 Å². The summed E-state index contributed by atoms with van der Waals surface area (Å²) in [7, 11) is 0. The van der Waals surface area contributed by atoms with Gasteiger partial charge in [-0.3, -0.25) is 4.90 Å². The van der Waals surface area contributed by atoms with E-state index in [1.54, 1.807) is 0 Å². The summed E-state index contributed by atoms with van der Waals surface area (Å²) in [5.41, 5.74) is 4.12. The highest BCUT2D eigenvalue weighted by molar-refractivity contribution is 5.90. The Morgan fingerprint density at radius 2 is 1.95 bits per heavy atom. The van der Waals surface area contributed by atoms with Crippen molar-refractivity contribution in [3.05, 3.63) is 23.3 Å². The molecule has 104 valence electrons. The molecule has 0 aromatic heterocycles. The van der Waals surface area contributed by atoms with Gasteiger partial charge in [0.15, 0.2) is 0 Å². The van der Waals surface area contributed by atoms with Crippen LogP contribution < -0.4 is 9.80 Å². The van der Waals surface area contributed by atoms with Gasteiger partial charge in [-0.1, -0.05) is 6.07 Å². The van der Waals surface area contributed by atoms with Crippen LogP contribution >= 0.6 is 0 Å². The molecule has 1 aromatic rings. The van der Waals surface area contributed by atoms with Gasteiger partial charge in [0.2, 0.25) is 0 Å². The Labute approximate surface area is 114 Å². The standard InChI is InChI=1S/C15H22N2O2/c1-4-17(15(18)19)14-11(2)7-8-13(12(14)3)16-9-5-6-10-16/h7-8H,4-6,9-10H2,1-3H3,(H,18,19). The van der Waals surface area contributed by atoms with Crippen LogP contribution in [0.3, 0.4) is 0 Å². The van der Waals surface area contributed by atoms with Gasteiger partial charge in [-0.25, -0.2) is 4.79 Å². The van der Waals surface area contributed by atoms with Gasteiger partial charge >= 0.3 is 6.09 Å². The van der Waals surface area contributed by atoms with Crippen LogP contribution in [0, 0.1) is 13.8 Å². The third-order valence-electron chi connectivity index (χ3n) is 3.87. The second-order valence-electron chi connectivity index (χ2n) is 5.10. The number of aryl methyl sites for hydroxylation is 1. The largest absolute Gasteiger partial charge is 0.465 e. The molecular formula is C15H22N2O2. The second-order valence-corrected chi connectivity index (χ2v) is 5.10. The highest BCUT2D eigenvalue weighted by Gasteiger charge is 2.22. The summed E-state index contributed by atoms with van der Waals surface area (Å²) in [6.45, 7) is 8.49. The molecule has 19 heavy (non-hydrogen) atoms. The van der Waals surface area contributed by atoms with E-state index in [1.165, 1.54) is 23.4 Å². The van der Waals surface area contributed by atoms with Gasteiger partial charge < -0.3 is 10.0 Å². The van der Waals surface area contributed by atoms with E-state index in [-0.39, 0.29) is 0 Å². The molecule has 1 amide bonds. The lowest BCUT2D eigenvalue weighted by molar-refractivity contribution is 0.202. The van der Waals surface area contributed by atoms with Crippen molar-refractivity contribution in [2.45, 2.75) is 33.6 Å². The number of benzene rings is 1. The molecule has 1 aromatic carbocycles. The number of carbonyl (C=O) groups is 1. The van der Waals surface area contributed by atoms with E-state index in [0.717, 1.165) is 29.9 Å². The highest BCUT2D eigenvalue weighted by Crippen LogP contribution is 2.34. The van der Waals surface area contributed by atoms with E-state index in [0.29, 0.717) is 6.54 Å². The van der Waals surface area contributed by atoms with Crippen LogP contribution in [0.15, 0.2) is 12.1 Å². The highest BCUT2D eigenvalue weighted by atomic mass is 16.4. The van der Waals surface area contributed by atoms with E-state index in [9.17, 15) is 9.90 Å². The fourth-order valence-corrected chi connectivity index (χ4v) is 2.93. The maximum Gasteiger partial charge on any atom is 0.411 e. The molecule has 1 saturated heterocycles. The minimum atomic E-state index is -0.882. The normalized spacial score (nSPS) is 14.8. The first kappa shape index (κ1) is 13.7. The molecule has 1 heterocycles. The van der Waals surface area contributed by atoms with Crippen LogP contribution in [0.2, 0.25) is 0 Å². The first-order valence-corrected chi connectivity index (χ1v) is 6.92. The first-order valence-electron chi connectivity index (χ1n) is 6.92. The maximum absolute atomic E-state index is 11.4. The molecular weight excluding hydrogens is 240 g/mol. The molecule has 1 aliphatic heterocycles. The molecule has 0 saturated carbocycles. The van der Waals surface area contributed by atoms with Crippen LogP contribution in [0.5, 0.6) is 0 Å². The molecule has 2 rings (SSSR count). The van der Waals surface area contributed by atoms with Crippen molar-refractivity contribution < 1.29 is 9.90 Å². The van der Waals surface area contributed by atoms with Crippen LogP contribution in [0.4, 0.5) is 16.2 Å². The number of hydrogen-bond donors (Lipinski definition) is 1. The quantitative estimate of drug-likeness (QED) is 0.907. The molecule has 0 atom stereocenters. The van der Waals surface area contributed by atoms with Gasteiger partial charge in [0.05, 0.1) is 5.69 Å². The van der Waals surface area contributed by atoms with Gasteiger partial charge in [0.25, 0.3) is 0 Å². The fourth-order valence-electron chi connectivity index (χ4n) is 2.93. The van der Waals surface area contributed by atoms with Crippen molar-refractivity contribution in [1.29, 1.82) is 0 Å². The van der Waals surface area contributed by atoms with E-state index in [1.807, 2.05) is 26.8 Å². The Bertz CT molecular complexity index is 479. The van der Waals surface area contributed by atoms with Crippen molar-refractivity contribution in [2.24, 2.45) is 0 Å². The average Bonchev–Trinajstić information content (AvgIpc) is 2.87. The number of hydrogen-bond acceptors (Lipinski definition) is 2. The predicted molar refractivity (Wildman–Crippen MR) is 78.4 cm³/mol. The Morgan fingerprint density at radius 1 is 1.32 bits per heavy atom. The van der Waals surface area contributed by atoms with Crippen molar-refractivity contribution in [3.63, 3.8) is 0 Å². The minimum Gasteiger partial charge on any atom is -0.465 e. The molecule has 0 spiro atoms. The smallest absolute Gasteiger partial charge is 0.411 e. The number of nitrogens with zero attached hydrogens (tertiary/aromatic N) is 2. The van der Waals surface area contributed by atoms with Gasteiger partial charge in [0, 0.05) is 25.3 Å². The lowest BCUT2D eigenvalue weighted by Crippen LogP contribution is -2.31. The zero-order valence-corrected chi connectivity index (χ0v) is 11.9. The molecule has 4 nitrogen and oxygen atoms in total. The van der Waals surface area contributed by atoms with Gasteiger partial charge in [0.1, 0.15) is 0 Å². The summed E-state index contributed by atoms with van der Waals surface area (Å²) < 4.78 is 0. The zero-order valence-electron chi connectivity index (χ0n) is 11.9. The van der Waals surface area contributed by atoms with Gasteiger partial charge in [-0.15, -0.1) is 0 Å². The Morgan fingerprint density at radius 3 is 2.47 bits per heavy atom. The Hall–Kier alpha value is -1.71. The summed E-state index contributed by atoms with van der Waals surface area (Å²) in [5.74, 6) is 0. The average molecular weight is 262 g/mol. The van der Waals surface area contributed by atoms with Gasteiger partial charge in [-0.2, -0.15) is 0 Å². The molecule has 1 fully saturated rings. The number of carboxylic acid groups (broad SMARTS) is 1. The van der Waals surface area contributed by atoms with Crippen LogP contribution in [-0.4, -0.2) is 30.8 Å². The molecule has 1 N–H and O–H groups in total. The first-order chi connectivity index (χ1) is 9.06. The van der Waals surface area contributed by atoms with Crippen LogP contribution in [0.1, 0.15) is 30.9 Å². The maximum atomic E-state index is 11.4. The predicted octanol–water partition coefficient (Wildman–Crippen LogP) is 3.41. The number of anilines is 2. The minimum absolute atomic E-state index is 0.473. The monoisotopic (exact) mass is 262 g/mol. The number of rotatable bonds is 3. The van der Waals surface area contributed by atoms with E-state index < -0.39 is 6.09 Å². The van der Waals surface area contributed by atoms with Crippen molar-refractivity contribution in [2.75, 3.05) is 29.4 Å². The molecule has 0 radical (unpaired) electrons. The lowest BCUT2D eigenvalue weighted by atomic mass is 10.0. The van der Waals surface area contributed by atoms with Crippen LogP contribution in [0.25, 0.3) is 0 Å². The summed E-state index contributed by atoms with van der Waals surface area (Å²) in [6, 6.07) is 4.15. The Kier molecular flexibility index (Phi) is 3.98.